The molecule has 1 nitrogen and oxygen atoms in total. The van der Waals surface area contributed by atoms with Crippen molar-refractivity contribution in [2.24, 2.45) is 23.2 Å². The highest BCUT2D eigenvalue weighted by molar-refractivity contribution is 5.04. The standard InChI is InChI=1S/C10H20O/c1-7(2)5-8-9(6-11)10(8,3)4/h7-9,11H,5-6H2,1-4H3. The van der Waals surface area contributed by atoms with Crippen LogP contribution in [0.1, 0.15) is 34.1 Å². The summed E-state index contributed by atoms with van der Waals surface area (Å²) in [6.07, 6.45) is 1.28. The Kier molecular flexibility index (Phi) is 2.29. The van der Waals surface area contributed by atoms with Gasteiger partial charge in [0.05, 0.1) is 0 Å². The second kappa shape index (κ2) is 2.78. The van der Waals surface area contributed by atoms with Crippen molar-refractivity contribution in [3.8, 4) is 0 Å². The predicted octanol–water partition coefficient (Wildman–Crippen LogP) is 2.30. The predicted molar refractivity (Wildman–Crippen MR) is 47.3 cm³/mol. The van der Waals surface area contributed by atoms with Crippen molar-refractivity contribution >= 4 is 0 Å². The largest absolute Gasteiger partial charge is 0.396 e. The summed E-state index contributed by atoms with van der Waals surface area (Å²) < 4.78 is 0. The Morgan fingerprint density at radius 3 is 2.09 bits per heavy atom. The van der Waals surface area contributed by atoms with E-state index in [0.29, 0.717) is 17.9 Å². The van der Waals surface area contributed by atoms with Crippen molar-refractivity contribution < 1.29 is 5.11 Å². The number of rotatable bonds is 3. The smallest absolute Gasteiger partial charge is 0.0467 e. The molecule has 0 amide bonds. The lowest BCUT2D eigenvalue weighted by atomic mass is 10.0. The Morgan fingerprint density at radius 2 is 1.82 bits per heavy atom. The molecule has 1 N–H and O–H groups in total. The van der Waals surface area contributed by atoms with Crippen LogP contribution < -0.4 is 0 Å². The van der Waals surface area contributed by atoms with Crippen molar-refractivity contribution in [2.45, 2.75) is 34.1 Å². The third-order valence-electron chi connectivity index (χ3n) is 3.21. The van der Waals surface area contributed by atoms with Gasteiger partial charge in [0.15, 0.2) is 0 Å². The molecule has 2 unspecified atom stereocenters. The van der Waals surface area contributed by atoms with Crippen molar-refractivity contribution in [2.75, 3.05) is 6.61 Å². The quantitative estimate of drug-likeness (QED) is 0.664. The lowest BCUT2D eigenvalue weighted by Gasteiger charge is -2.04. The van der Waals surface area contributed by atoms with E-state index >= 15 is 0 Å². The first kappa shape index (κ1) is 9.05. The van der Waals surface area contributed by atoms with Gasteiger partial charge < -0.3 is 5.11 Å². The Morgan fingerprint density at radius 1 is 1.27 bits per heavy atom. The Balaban J connectivity index is 2.39. The molecule has 0 aromatic heterocycles. The normalized spacial score (nSPS) is 34.4. The maximum Gasteiger partial charge on any atom is 0.0467 e. The summed E-state index contributed by atoms with van der Waals surface area (Å²) in [6, 6.07) is 0. The van der Waals surface area contributed by atoms with E-state index in [9.17, 15) is 0 Å². The summed E-state index contributed by atoms with van der Waals surface area (Å²) in [5, 5.41) is 9.02. The first-order chi connectivity index (χ1) is 5.00. The Labute approximate surface area is 69.8 Å². The number of aliphatic hydroxyl groups excluding tert-OH is 1. The highest BCUT2D eigenvalue weighted by Gasteiger charge is 2.56. The molecule has 0 bridgehead atoms. The molecule has 2 atom stereocenters. The van der Waals surface area contributed by atoms with Gasteiger partial charge in [-0.3, -0.25) is 0 Å². The van der Waals surface area contributed by atoms with E-state index in [2.05, 4.69) is 27.7 Å². The zero-order valence-electron chi connectivity index (χ0n) is 8.09. The van der Waals surface area contributed by atoms with Gasteiger partial charge in [0.25, 0.3) is 0 Å². The first-order valence-corrected chi connectivity index (χ1v) is 4.61. The van der Waals surface area contributed by atoms with E-state index in [-0.39, 0.29) is 0 Å². The summed E-state index contributed by atoms with van der Waals surface area (Å²) in [7, 11) is 0. The first-order valence-electron chi connectivity index (χ1n) is 4.61. The van der Waals surface area contributed by atoms with E-state index in [1.807, 2.05) is 0 Å². The van der Waals surface area contributed by atoms with Crippen LogP contribution in [-0.4, -0.2) is 11.7 Å². The van der Waals surface area contributed by atoms with Gasteiger partial charge >= 0.3 is 0 Å². The SMILES string of the molecule is CC(C)CC1C(CO)C1(C)C. The molecule has 0 spiro atoms. The monoisotopic (exact) mass is 156 g/mol. The topological polar surface area (TPSA) is 20.2 Å². The van der Waals surface area contributed by atoms with E-state index in [0.717, 1.165) is 11.8 Å². The van der Waals surface area contributed by atoms with Gasteiger partial charge in [-0.2, -0.15) is 0 Å². The van der Waals surface area contributed by atoms with Crippen molar-refractivity contribution in [1.29, 1.82) is 0 Å². The van der Waals surface area contributed by atoms with E-state index in [1.54, 1.807) is 0 Å². The molecule has 0 radical (unpaired) electrons. The second-order valence-electron chi connectivity index (χ2n) is 4.85. The van der Waals surface area contributed by atoms with Gasteiger partial charge in [0.1, 0.15) is 0 Å². The molecule has 0 aliphatic heterocycles. The summed E-state index contributed by atoms with van der Waals surface area (Å²) in [4.78, 5) is 0. The van der Waals surface area contributed by atoms with Gasteiger partial charge in [-0.1, -0.05) is 27.7 Å². The van der Waals surface area contributed by atoms with Crippen LogP contribution in [0.15, 0.2) is 0 Å². The molecule has 1 saturated carbocycles. The van der Waals surface area contributed by atoms with Gasteiger partial charge in [0, 0.05) is 6.61 Å². The molecule has 0 aromatic rings. The molecule has 1 aliphatic carbocycles. The van der Waals surface area contributed by atoms with Gasteiger partial charge in [-0.15, -0.1) is 0 Å². The maximum absolute atomic E-state index is 9.02. The minimum Gasteiger partial charge on any atom is -0.396 e. The average molecular weight is 156 g/mol. The summed E-state index contributed by atoms with van der Waals surface area (Å²) in [6.45, 7) is 9.41. The van der Waals surface area contributed by atoms with Gasteiger partial charge in [-0.05, 0) is 29.6 Å². The lowest BCUT2D eigenvalue weighted by molar-refractivity contribution is 0.253. The molecule has 0 aromatic carbocycles. The van der Waals surface area contributed by atoms with Gasteiger partial charge in [-0.25, -0.2) is 0 Å². The van der Waals surface area contributed by atoms with Crippen LogP contribution >= 0.6 is 0 Å². The molecule has 1 rings (SSSR count). The number of aliphatic hydroxyl groups is 1. The van der Waals surface area contributed by atoms with Crippen molar-refractivity contribution in [3.05, 3.63) is 0 Å². The summed E-state index contributed by atoms with van der Waals surface area (Å²) in [5.74, 6) is 2.12. The molecule has 1 aliphatic rings. The molecule has 1 heteroatoms. The van der Waals surface area contributed by atoms with E-state index in [4.69, 9.17) is 5.11 Å². The van der Waals surface area contributed by atoms with Crippen LogP contribution in [0.3, 0.4) is 0 Å². The highest BCUT2D eigenvalue weighted by Crippen LogP contribution is 2.60. The Bertz CT molecular complexity index is 138. The molecule has 11 heavy (non-hydrogen) atoms. The molecular weight excluding hydrogens is 136 g/mol. The van der Waals surface area contributed by atoms with Crippen LogP contribution in [0, 0.1) is 23.2 Å². The Hall–Kier alpha value is -0.0400. The zero-order valence-corrected chi connectivity index (χ0v) is 8.09. The number of hydrogen-bond donors (Lipinski definition) is 1. The fourth-order valence-electron chi connectivity index (χ4n) is 2.20. The minimum absolute atomic E-state index is 0.379. The summed E-state index contributed by atoms with van der Waals surface area (Å²) >= 11 is 0. The number of hydrogen-bond acceptors (Lipinski definition) is 1. The molecule has 1 fully saturated rings. The van der Waals surface area contributed by atoms with Crippen LogP contribution in [0.25, 0.3) is 0 Å². The third kappa shape index (κ3) is 1.58. The molecule has 66 valence electrons. The van der Waals surface area contributed by atoms with Crippen molar-refractivity contribution in [3.63, 3.8) is 0 Å². The van der Waals surface area contributed by atoms with Crippen LogP contribution in [0.5, 0.6) is 0 Å². The average Bonchev–Trinajstić information content (AvgIpc) is 2.33. The molecule has 0 saturated heterocycles. The molecular formula is C10H20O. The maximum atomic E-state index is 9.02. The molecule has 0 heterocycles. The summed E-state index contributed by atoms with van der Waals surface area (Å²) in [5.41, 5.74) is 0.416. The fraction of sp³-hybridized carbons (Fsp3) is 1.00. The van der Waals surface area contributed by atoms with E-state index < -0.39 is 0 Å². The third-order valence-corrected chi connectivity index (χ3v) is 3.21. The zero-order chi connectivity index (χ0) is 8.65. The van der Waals surface area contributed by atoms with Crippen LogP contribution in [0.4, 0.5) is 0 Å². The lowest BCUT2D eigenvalue weighted by Crippen LogP contribution is -1.94. The second-order valence-corrected chi connectivity index (χ2v) is 4.85. The van der Waals surface area contributed by atoms with Crippen LogP contribution in [0.2, 0.25) is 0 Å². The van der Waals surface area contributed by atoms with Crippen LogP contribution in [-0.2, 0) is 0 Å². The van der Waals surface area contributed by atoms with Crippen molar-refractivity contribution in [1.82, 2.24) is 0 Å². The van der Waals surface area contributed by atoms with Gasteiger partial charge in [0.2, 0.25) is 0 Å². The minimum atomic E-state index is 0.379. The fourth-order valence-corrected chi connectivity index (χ4v) is 2.20. The van der Waals surface area contributed by atoms with E-state index in [1.165, 1.54) is 6.42 Å². The highest BCUT2D eigenvalue weighted by atomic mass is 16.3.